The van der Waals surface area contributed by atoms with E-state index < -0.39 is 4.92 Å². The van der Waals surface area contributed by atoms with Crippen LogP contribution in [0, 0.1) is 17.0 Å². The smallest absolute Gasteiger partial charge is 0.333 e. The van der Waals surface area contributed by atoms with Crippen molar-refractivity contribution in [1.29, 1.82) is 0 Å². The molecule has 2 N–H and O–H groups in total. The predicted molar refractivity (Wildman–Crippen MR) is 76.3 cm³/mol. The Balaban J connectivity index is 2.42. The lowest BCUT2D eigenvalue weighted by molar-refractivity contribution is -0.384. The number of nitrogen functional groups attached to an aromatic ring is 1. The fourth-order valence-electron chi connectivity index (χ4n) is 1.76. The standard InChI is InChI=1S/C11H10BrClN4O2/c1-6-10(17(18)19)11(14)16(15-6)5-7-4-8(13)2-3-9(7)12/h2-4H,5,14H2,1H3. The van der Waals surface area contributed by atoms with E-state index >= 15 is 0 Å². The molecule has 0 radical (unpaired) electrons. The highest BCUT2D eigenvalue weighted by Crippen LogP contribution is 2.28. The lowest BCUT2D eigenvalue weighted by Crippen LogP contribution is -2.07. The highest BCUT2D eigenvalue weighted by Gasteiger charge is 2.23. The quantitative estimate of drug-likeness (QED) is 0.684. The summed E-state index contributed by atoms with van der Waals surface area (Å²) in [5.74, 6) is 0.0365. The molecule has 19 heavy (non-hydrogen) atoms. The first-order valence-electron chi connectivity index (χ1n) is 5.31. The molecule has 0 spiro atoms. The summed E-state index contributed by atoms with van der Waals surface area (Å²) in [6.07, 6.45) is 0. The first kappa shape index (κ1) is 13.8. The topological polar surface area (TPSA) is 87.0 Å². The Labute approximate surface area is 122 Å². The Morgan fingerprint density at radius 2 is 2.26 bits per heavy atom. The molecule has 0 saturated heterocycles. The molecular weight excluding hydrogens is 336 g/mol. The third-order valence-electron chi connectivity index (χ3n) is 2.64. The summed E-state index contributed by atoms with van der Waals surface area (Å²) in [4.78, 5) is 10.3. The average Bonchev–Trinajstić information content (AvgIpc) is 2.59. The zero-order chi connectivity index (χ0) is 14.2. The van der Waals surface area contributed by atoms with E-state index in [1.165, 1.54) is 4.68 Å². The molecule has 8 heteroatoms. The molecule has 0 aliphatic rings. The van der Waals surface area contributed by atoms with Gasteiger partial charge in [-0.05, 0) is 30.7 Å². The largest absolute Gasteiger partial charge is 0.378 e. The second-order valence-electron chi connectivity index (χ2n) is 3.97. The van der Waals surface area contributed by atoms with Gasteiger partial charge in [-0.25, -0.2) is 4.68 Å². The van der Waals surface area contributed by atoms with E-state index in [1.807, 2.05) is 0 Å². The average molecular weight is 346 g/mol. The number of nitrogens with two attached hydrogens (primary N) is 1. The molecular formula is C11H10BrClN4O2. The molecule has 6 nitrogen and oxygen atoms in total. The van der Waals surface area contributed by atoms with Crippen molar-refractivity contribution in [2.24, 2.45) is 0 Å². The molecule has 0 aliphatic carbocycles. The Hall–Kier alpha value is -1.60. The second-order valence-corrected chi connectivity index (χ2v) is 5.26. The van der Waals surface area contributed by atoms with Crippen molar-refractivity contribution in [3.63, 3.8) is 0 Å². The van der Waals surface area contributed by atoms with Crippen LogP contribution in [0.4, 0.5) is 11.5 Å². The highest BCUT2D eigenvalue weighted by molar-refractivity contribution is 9.10. The van der Waals surface area contributed by atoms with Gasteiger partial charge in [0.05, 0.1) is 11.5 Å². The summed E-state index contributed by atoms with van der Waals surface area (Å²) in [5.41, 5.74) is 6.73. The molecule has 0 bridgehead atoms. The number of nitrogens with zero attached hydrogens (tertiary/aromatic N) is 3. The Morgan fingerprint density at radius 1 is 1.58 bits per heavy atom. The van der Waals surface area contributed by atoms with Gasteiger partial charge >= 0.3 is 5.69 Å². The van der Waals surface area contributed by atoms with Crippen molar-refractivity contribution in [2.75, 3.05) is 5.73 Å². The maximum atomic E-state index is 10.9. The van der Waals surface area contributed by atoms with Crippen LogP contribution in [0.2, 0.25) is 5.02 Å². The Morgan fingerprint density at radius 3 is 2.84 bits per heavy atom. The van der Waals surface area contributed by atoms with E-state index in [4.69, 9.17) is 17.3 Å². The van der Waals surface area contributed by atoms with Crippen LogP contribution >= 0.6 is 27.5 Å². The molecule has 0 atom stereocenters. The molecule has 0 unspecified atom stereocenters. The van der Waals surface area contributed by atoms with Crippen LogP contribution < -0.4 is 5.73 Å². The molecule has 0 aliphatic heterocycles. The van der Waals surface area contributed by atoms with Gasteiger partial charge in [0.2, 0.25) is 5.82 Å². The monoisotopic (exact) mass is 344 g/mol. The van der Waals surface area contributed by atoms with Gasteiger partial charge in [-0.15, -0.1) is 0 Å². The summed E-state index contributed by atoms with van der Waals surface area (Å²) in [7, 11) is 0. The summed E-state index contributed by atoms with van der Waals surface area (Å²) in [5, 5.41) is 15.5. The van der Waals surface area contributed by atoms with Gasteiger partial charge in [0.25, 0.3) is 0 Å². The van der Waals surface area contributed by atoms with Crippen molar-refractivity contribution in [2.45, 2.75) is 13.5 Å². The van der Waals surface area contributed by atoms with Crippen LogP contribution in [-0.4, -0.2) is 14.7 Å². The second kappa shape index (κ2) is 5.18. The minimum absolute atomic E-state index is 0.0365. The van der Waals surface area contributed by atoms with Crippen molar-refractivity contribution >= 4 is 39.0 Å². The van der Waals surface area contributed by atoms with E-state index in [-0.39, 0.29) is 11.5 Å². The third kappa shape index (κ3) is 2.71. The first-order valence-corrected chi connectivity index (χ1v) is 6.48. The van der Waals surface area contributed by atoms with Gasteiger partial charge in [0.1, 0.15) is 5.69 Å². The summed E-state index contributed by atoms with van der Waals surface area (Å²) >= 11 is 9.31. The highest BCUT2D eigenvalue weighted by atomic mass is 79.9. The van der Waals surface area contributed by atoms with Crippen molar-refractivity contribution in [3.8, 4) is 0 Å². The number of hydrogen-bond acceptors (Lipinski definition) is 4. The van der Waals surface area contributed by atoms with Crippen LogP contribution in [0.15, 0.2) is 22.7 Å². The number of benzene rings is 1. The molecule has 2 aromatic rings. The lowest BCUT2D eigenvalue weighted by Gasteiger charge is -2.06. The lowest BCUT2D eigenvalue weighted by atomic mass is 10.2. The van der Waals surface area contributed by atoms with E-state index in [9.17, 15) is 10.1 Å². The van der Waals surface area contributed by atoms with Crippen LogP contribution in [0.25, 0.3) is 0 Å². The molecule has 1 aromatic carbocycles. The molecule has 2 rings (SSSR count). The van der Waals surface area contributed by atoms with E-state index in [0.717, 1.165) is 10.0 Å². The third-order valence-corrected chi connectivity index (χ3v) is 3.65. The number of halogens is 2. The van der Waals surface area contributed by atoms with Crippen molar-refractivity contribution in [1.82, 2.24) is 9.78 Å². The Kier molecular flexibility index (Phi) is 3.77. The molecule has 100 valence electrons. The van der Waals surface area contributed by atoms with Crippen LogP contribution in [0.3, 0.4) is 0 Å². The van der Waals surface area contributed by atoms with Crippen LogP contribution in [0.5, 0.6) is 0 Å². The molecule has 0 amide bonds. The first-order chi connectivity index (χ1) is 8.90. The minimum atomic E-state index is -0.527. The van der Waals surface area contributed by atoms with E-state index in [1.54, 1.807) is 25.1 Å². The maximum Gasteiger partial charge on any atom is 0.333 e. The van der Waals surface area contributed by atoms with Gasteiger partial charge < -0.3 is 5.73 Å². The number of nitro groups is 1. The Bertz CT molecular complexity index is 656. The van der Waals surface area contributed by atoms with Gasteiger partial charge in [-0.1, -0.05) is 27.5 Å². The number of aryl methyl sites for hydroxylation is 1. The fraction of sp³-hybridized carbons (Fsp3) is 0.182. The van der Waals surface area contributed by atoms with Crippen LogP contribution in [0.1, 0.15) is 11.3 Å². The van der Waals surface area contributed by atoms with Gasteiger partial charge in [0.15, 0.2) is 0 Å². The van der Waals surface area contributed by atoms with E-state index in [2.05, 4.69) is 21.0 Å². The molecule has 0 saturated carbocycles. The summed E-state index contributed by atoms with van der Waals surface area (Å²) < 4.78 is 2.23. The van der Waals surface area contributed by atoms with Gasteiger partial charge in [-0.3, -0.25) is 10.1 Å². The number of anilines is 1. The number of aromatic nitrogens is 2. The zero-order valence-corrected chi connectivity index (χ0v) is 12.3. The van der Waals surface area contributed by atoms with Crippen molar-refractivity contribution in [3.05, 3.63) is 49.1 Å². The summed E-state index contributed by atoms with van der Waals surface area (Å²) in [6.45, 7) is 1.86. The van der Waals surface area contributed by atoms with Crippen LogP contribution in [-0.2, 0) is 6.54 Å². The normalized spacial score (nSPS) is 10.7. The fourth-order valence-corrected chi connectivity index (χ4v) is 2.33. The minimum Gasteiger partial charge on any atom is -0.378 e. The molecule has 0 fully saturated rings. The molecule has 1 heterocycles. The van der Waals surface area contributed by atoms with E-state index in [0.29, 0.717) is 17.3 Å². The van der Waals surface area contributed by atoms with Gasteiger partial charge in [-0.2, -0.15) is 5.10 Å². The number of rotatable bonds is 3. The predicted octanol–water partition coefficient (Wildman–Crippen LogP) is 3.15. The SMILES string of the molecule is Cc1nn(Cc2cc(Cl)ccc2Br)c(N)c1[N+](=O)[O-]. The zero-order valence-electron chi connectivity index (χ0n) is 9.93. The summed E-state index contributed by atoms with van der Waals surface area (Å²) in [6, 6.07) is 5.31. The number of hydrogen-bond donors (Lipinski definition) is 1. The maximum absolute atomic E-state index is 10.9. The molecule has 1 aromatic heterocycles. The van der Waals surface area contributed by atoms with Crippen molar-refractivity contribution < 1.29 is 4.92 Å². The van der Waals surface area contributed by atoms with Gasteiger partial charge in [0, 0.05) is 9.50 Å².